The predicted molar refractivity (Wildman–Crippen MR) is 41.4 cm³/mol. The van der Waals surface area contributed by atoms with Gasteiger partial charge in [-0.25, -0.2) is 9.97 Å². The van der Waals surface area contributed by atoms with Crippen LogP contribution in [-0.2, 0) is 0 Å². The third kappa shape index (κ3) is 2.03. The van der Waals surface area contributed by atoms with Crippen molar-refractivity contribution >= 4 is 29.4 Å². The van der Waals surface area contributed by atoms with Crippen LogP contribution in [0.1, 0.15) is 5.69 Å². The zero-order chi connectivity index (χ0) is 8.27. The van der Waals surface area contributed by atoms with Crippen molar-refractivity contribution in [3.05, 3.63) is 22.2 Å². The molecule has 0 fully saturated rings. The second-order valence-electron chi connectivity index (χ2n) is 1.61. The van der Waals surface area contributed by atoms with E-state index in [1.54, 1.807) is 0 Å². The largest absolute Gasteiger partial charge is 0.411 e. The molecular formula is C5H3Cl2N3O. The maximum Gasteiger partial charge on any atom is 0.158 e. The van der Waals surface area contributed by atoms with Crippen molar-refractivity contribution in [1.82, 2.24) is 9.97 Å². The Bertz CT molecular complexity index is 289. The molecule has 0 spiro atoms. The fourth-order valence-corrected chi connectivity index (χ4v) is 0.862. The van der Waals surface area contributed by atoms with Crippen molar-refractivity contribution in [2.75, 3.05) is 0 Å². The molecule has 1 heterocycles. The Morgan fingerprint density at radius 3 is 2.82 bits per heavy atom. The average molecular weight is 192 g/mol. The van der Waals surface area contributed by atoms with E-state index in [4.69, 9.17) is 28.4 Å². The molecule has 11 heavy (non-hydrogen) atoms. The lowest BCUT2D eigenvalue weighted by Gasteiger charge is -1.93. The van der Waals surface area contributed by atoms with Crippen molar-refractivity contribution < 1.29 is 5.21 Å². The summed E-state index contributed by atoms with van der Waals surface area (Å²) in [7, 11) is 0. The van der Waals surface area contributed by atoms with Gasteiger partial charge in [-0.3, -0.25) is 0 Å². The van der Waals surface area contributed by atoms with Crippen molar-refractivity contribution in [3.8, 4) is 0 Å². The molecule has 58 valence electrons. The maximum absolute atomic E-state index is 8.12. The van der Waals surface area contributed by atoms with Gasteiger partial charge >= 0.3 is 0 Å². The number of rotatable bonds is 1. The smallest absolute Gasteiger partial charge is 0.158 e. The van der Waals surface area contributed by atoms with Crippen molar-refractivity contribution in [1.29, 1.82) is 0 Å². The topological polar surface area (TPSA) is 58.4 Å². The highest BCUT2D eigenvalue weighted by atomic mass is 35.5. The molecule has 1 aromatic rings. The van der Waals surface area contributed by atoms with Crippen LogP contribution in [0.2, 0.25) is 10.3 Å². The van der Waals surface area contributed by atoms with Gasteiger partial charge in [-0.05, 0) is 0 Å². The summed E-state index contributed by atoms with van der Waals surface area (Å²) in [6.45, 7) is 0. The first-order valence-corrected chi connectivity index (χ1v) is 3.35. The van der Waals surface area contributed by atoms with Gasteiger partial charge in [0.1, 0.15) is 10.8 Å². The van der Waals surface area contributed by atoms with Crippen molar-refractivity contribution in [2.24, 2.45) is 5.16 Å². The van der Waals surface area contributed by atoms with Gasteiger partial charge in [-0.2, -0.15) is 0 Å². The molecule has 0 aliphatic carbocycles. The lowest BCUT2D eigenvalue weighted by Crippen LogP contribution is -1.91. The summed E-state index contributed by atoms with van der Waals surface area (Å²) in [5.41, 5.74) is 0.276. The normalized spacial score (nSPS) is 10.7. The molecule has 0 aliphatic heterocycles. The first kappa shape index (κ1) is 8.23. The Labute approximate surface area is 72.5 Å². The fraction of sp³-hybridized carbons (Fsp3) is 0. The van der Waals surface area contributed by atoms with E-state index in [1.807, 2.05) is 0 Å². The lowest BCUT2D eigenvalue weighted by atomic mass is 10.5. The quantitative estimate of drug-likeness (QED) is 0.417. The van der Waals surface area contributed by atoms with Gasteiger partial charge in [0.25, 0.3) is 0 Å². The monoisotopic (exact) mass is 191 g/mol. The summed E-state index contributed by atoms with van der Waals surface area (Å²) in [6, 6.07) is 0. The molecule has 0 radical (unpaired) electrons. The summed E-state index contributed by atoms with van der Waals surface area (Å²) < 4.78 is 0. The minimum Gasteiger partial charge on any atom is -0.411 e. The van der Waals surface area contributed by atoms with Crippen LogP contribution < -0.4 is 0 Å². The van der Waals surface area contributed by atoms with Gasteiger partial charge in [0, 0.05) is 0 Å². The van der Waals surface area contributed by atoms with Crippen LogP contribution in [0.25, 0.3) is 0 Å². The molecule has 1 aromatic heterocycles. The highest BCUT2D eigenvalue weighted by molar-refractivity contribution is 6.33. The molecule has 0 aromatic carbocycles. The van der Waals surface area contributed by atoms with Crippen LogP contribution in [-0.4, -0.2) is 21.4 Å². The summed E-state index contributed by atoms with van der Waals surface area (Å²) in [6.07, 6.45) is 2.39. The van der Waals surface area contributed by atoms with Gasteiger partial charge < -0.3 is 5.21 Å². The number of aromatic nitrogens is 2. The van der Waals surface area contributed by atoms with Crippen LogP contribution in [0.5, 0.6) is 0 Å². The minimum atomic E-state index is 0.107. The summed E-state index contributed by atoms with van der Waals surface area (Å²) in [5, 5.41) is 11.2. The third-order valence-electron chi connectivity index (χ3n) is 0.907. The first-order valence-electron chi connectivity index (χ1n) is 2.59. The molecule has 0 saturated heterocycles. The van der Waals surface area contributed by atoms with Gasteiger partial charge in [0.05, 0.1) is 12.4 Å². The Morgan fingerprint density at radius 1 is 1.55 bits per heavy atom. The van der Waals surface area contributed by atoms with E-state index in [-0.39, 0.29) is 16.0 Å². The fourth-order valence-electron chi connectivity index (χ4n) is 0.497. The Morgan fingerprint density at radius 2 is 2.27 bits per heavy atom. The SMILES string of the molecule is ON=Cc1ncc(Cl)nc1Cl. The molecule has 4 nitrogen and oxygen atoms in total. The molecule has 0 aliphatic rings. The minimum absolute atomic E-state index is 0.107. The number of halogens is 2. The van der Waals surface area contributed by atoms with Gasteiger partial charge in [-0.1, -0.05) is 28.4 Å². The molecule has 0 atom stereocenters. The van der Waals surface area contributed by atoms with E-state index in [1.165, 1.54) is 6.20 Å². The molecule has 0 unspecified atom stereocenters. The molecule has 0 amide bonds. The van der Waals surface area contributed by atoms with Gasteiger partial charge in [0.2, 0.25) is 0 Å². The second kappa shape index (κ2) is 3.50. The number of nitrogens with zero attached hydrogens (tertiary/aromatic N) is 3. The molecule has 6 heteroatoms. The highest BCUT2D eigenvalue weighted by Gasteiger charge is 2.00. The first-order chi connectivity index (χ1) is 5.24. The number of hydrogen-bond acceptors (Lipinski definition) is 4. The van der Waals surface area contributed by atoms with E-state index < -0.39 is 0 Å². The summed E-state index contributed by atoms with van der Waals surface area (Å²) >= 11 is 11.0. The zero-order valence-electron chi connectivity index (χ0n) is 5.20. The van der Waals surface area contributed by atoms with Crippen molar-refractivity contribution in [2.45, 2.75) is 0 Å². The average Bonchev–Trinajstić information content (AvgIpc) is 1.95. The van der Waals surface area contributed by atoms with Crippen molar-refractivity contribution in [3.63, 3.8) is 0 Å². The number of hydrogen-bond donors (Lipinski definition) is 1. The van der Waals surface area contributed by atoms with Crippen LogP contribution in [0.15, 0.2) is 11.4 Å². The van der Waals surface area contributed by atoms with Crippen LogP contribution >= 0.6 is 23.2 Å². The Hall–Kier alpha value is -0.870. The van der Waals surface area contributed by atoms with Gasteiger partial charge in [0.15, 0.2) is 5.15 Å². The van der Waals surface area contributed by atoms with Crippen LogP contribution in [0, 0.1) is 0 Å². The van der Waals surface area contributed by atoms with E-state index >= 15 is 0 Å². The Kier molecular flexibility index (Phi) is 2.62. The highest BCUT2D eigenvalue weighted by Crippen LogP contribution is 2.11. The molecular weight excluding hydrogens is 189 g/mol. The second-order valence-corrected chi connectivity index (χ2v) is 2.36. The molecule has 0 bridgehead atoms. The van der Waals surface area contributed by atoms with E-state index in [2.05, 4.69) is 15.1 Å². The lowest BCUT2D eigenvalue weighted by molar-refractivity contribution is 0.321. The Balaban J connectivity index is 3.09. The summed E-state index contributed by atoms with van der Waals surface area (Å²) in [5.74, 6) is 0. The number of oxime groups is 1. The predicted octanol–water partition coefficient (Wildman–Crippen LogP) is 1.59. The molecule has 0 saturated carbocycles. The molecule has 1 rings (SSSR count). The van der Waals surface area contributed by atoms with Gasteiger partial charge in [-0.15, -0.1) is 0 Å². The van der Waals surface area contributed by atoms with E-state index in [0.29, 0.717) is 0 Å². The van der Waals surface area contributed by atoms with E-state index in [9.17, 15) is 0 Å². The third-order valence-corrected chi connectivity index (χ3v) is 1.37. The maximum atomic E-state index is 8.12. The summed E-state index contributed by atoms with van der Waals surface area (Å²) in [4.78, 5) is 7.39. The van der Waals surface area contributed by atoms with Crippen LogP contribution in [0.3, 0.4) is 0 Å². The van der Waals surface area contributed by atoms with E-state index in [0.717, 1.165) is 6.21 Å². The van der Waals surface area contributed by atoms with Crippen LogP contribution in [0.4, 0.5) is 0 Å². The zero-order valence-corrected chi connectivity index (χ0v) is 6.71. The molecule has 1 N–H and O–H groups in total. The standard InChI is InChI=1S/C5H3Cl2N3O/c6-4-2-8-3(1-9-11)5(7)10-4/h1-2,11H.